The van der Waals surface area contributed by atoms with Gasteiger partial charge in [-0.2, -0.15) is 0 Å². The van der Waals surface area contributed by atoms with Gasteiger partial charge < -0.3 is 0 Å². The fraction of sp³-hybridized carbons (Fsp3) is 0.833. The molecule has 12 heavy (non-hydrogen) atoms. The average molecular weight is 168 g/mol. The van der Waals surface area contributed by atoms with Crippen LogP contribution in [0.25, 0.3) is 0 Å². The van der Waals surface area contributed by atoms with Gasteiger partial charge in [0.15, 0.2) is 0 Å². The van der Waals surface area contributed by atoms with E-state index in [1.807, 2.05) is 0 Å². The van der Waals surface area contributed by atoms with Crippen molar-refractivity contribution in [1.82, 2.24) is 0 Å². The molecule has 0 rings (SSSR count). The largest absolute Gasteiger partial charge is 0.0880 e. The summed E-state index contributed by atoms with van der Waals surface area (Å²) in [5, 5.41) is 0. The molecule has 0 aromatic carbocycles. The number of hydrogen-bond acceptors (Lipinski definition) is 0. The van der Waals surface area contributed by atoms with Crippen LogP contribution in [0.4, 0.5) is 0 Å². The molecule has 0 heteroatoms. The van der Waals surface area contributed by atoms with Crippen LogP contribution in [0.2, 0.25) is 0 Å². The van der Waals surface area contributed by atoms with Crippen LogP contribution in [0.1, 0.15) is 53.4 Å². The fourth-order valence-electron chi connectivity index (χ4n) is 1.25. The van der Waals surface area contributed by atoms with E-state index in [0.717, 1.165) is 5.92 Å². The molecule has 0 aliphatic rings. The van der Waals surface area contributed by atoms with Gasteiger partial charge in [-0.05, 0) is 18.3 Å². The highest BCUT2D eigenvalue weighted by Crippen LogP contribution is 2.12. The van der Waals surface area contributed by atoms with Crippen LogP contribution >= 0.6 is 0 Å². The Morgan fingerprint density at radius 1 is 1.17 bits per heavy atom. The number of rotatable bonds is 6. The van der Waals surface area contributed by atoms with E-state index in [0.29, 0.717) is 5.92 Å². The molecule has 0 bridgehead atoms. The van der Waals surface area contributed by atoms with Gasteiger partial charge in [-0.25, -0.2) is 0 Å². The van der Waals surface area contributed by atoms with Gasteiger partial charge in [-0.3, -0.25) is 0 Å². The maximum absolute atomic E-state index is 2.35. The summed E-state index contributed by atoms with van der Waals surface area (Å²) in [6, 6.07) is 0. The molecule has 0 radical (unpaired) electrons. The summed E-state index contributed by atoms with van der Waals surface area (Å²) in [5.41, 5.74) is 0. The number of allylic oxidation sites excluding steroid dienone is 2. The third-order valence-electron chi connectivity index (χ3n) is 2.11. The van der Waals surface area contributed by atoms with Gasteiger partial charge in [0.05, 0.1) is 0 Å². The lowest BCUT2D eigenvalue weighted by atomic mass is 10.00. The molecule has 0 aromatic rings. The topological polar surface area (TPSA) is 0 Å². The minimum atomic E-state index is 0.711. The van der Waals surface area contributed by atoms with Crippen molar-refractivity contribution in [1.29, 1.82) is 0 Å². The Morgan fingerprint density at radius 3 is 2.33 bits per heavy atom. The minimum absolute atomic E-state index is 0.711. The first-order valence-corrected chi connectivity index (χ1v) is 5.33. The Labute approximate surface area is 78.1 Å². The smallest absolute Gasteiger partial charge is 0.0290 e. The van der Waals surface area contributed by atoms with Crippen molar-refractivity contribution >= 4 is 0 Å². The third kappa shape index (κ3) is 7.84. The van der Waals surface area contributed by atoms with Crippen LogP contribution in [0.15, 0.2) is 12.2 Å². The predicted octanol–water partition coefficient (Wildman–Crippen LogP) is 4.42. The molecule has 0 heterocycles. The standard InChI is InChI=1S/C12H24/c1-5-6-9-12(4)10-7-8-11(2)3/h7-8,11-12H,5-6,9-10H2,1-4H3/b8-7+. The molecule has 0 aromatic heterocycles. The van der Waals surface area contributed by atoms with E-state index in [1.54, 1.807) is 0 Å². The zero-order valence-electron chi connectivity index (χ0n) is 9.14. The van der Waals surface area contributed by atoms with Crippen molar-refractivity contribution in [3.05, 3.63) is 12.2 Å². The molecule has 0 aliphatic carbocycles. The maximum atomic E-state index is 2.35. The molecule has 0 fully saturated rings. The molecule has 1 unspecified atom stereocenters. The van der Waals surface area contributed by atoms with E-state index in [9.17, 15) is 0 Å². The summed E-state index contributed by atoms with van der Waals surface area (Å²) in [4.78, 5) is 0. The first-order valence-electron chi connectivity index (χ1n) is 5.33. The van der Waals surface area contributed by atoms with Gasteiger partial charge in [0.2, 0.25) is 0 Å². The van der Waals surface area contributed by atoms with Crippen molar-refractivity contribution in [2.45, 2.75) is 53.4 Å². The predicted molar refractivity (Wildman–Crippen MR) is 57.3 cm³/mol. The Morgan fingerprint density at radius 2 is 1.83 bits per heavy atom. The quantitative estimate of drug-likeness (QED) is 0.515. The van der Waals surface area contributed by atoms with Crippen LogP contribution in [0.3, 0.4) is 0 Å². The normalized spacial score (nSPS) is 14.4. The fourth-order valence-corrected chi connectivity index (χ4v) is 1.25. The monoisotopic (exact) mass is 168 g/mol. The molecule has 0 spiro atoms. The SMILES string of the molecule is CCCCC(C)C/C=C/C(C)C. The molecule has 0 nitrogen and oxygen atoms in total. The van der Waals surface area contributed by atoms with Crippen LogP contribution < -0.4 is 0 Å². The number of unbranched alkanes of at least 4 members (excludes halogenated alkanes) is 1. The average Bonchev–Trinajstić information content (AvgIpc) is 2.00. The lowest BCUT2D eigenvalue weighted by Crippen LogP contribution is -1.92. The Balaban J connectivity index is 3.36. The zero-order valence-corrected chi connectivity index (χ0v) is 9.14. The van der Waals surface area contributed by atoms with E-state index >= 15 is 0 Å². The molecule has 0 saturated heterocycles. The van der Waals surface area contributed by atoms with E-state index in [4.69, 9.17) is 0 Å². The van der Waals surface area contributed by atoms with Gasteiger partial charge in [0.1, 0.15) is 0 Å². The Kier molecular flexibility index (Phi) is 7.23. The molecule has 0 amide bonds. The van der Waals surface area contributed by atoms with Crippen molar-refractivity contribution in [3.8, 4) is 0 Å². The van der Waals surface area contributed by atoms with Crippen molar-refractivity contribution in [2.24, 2.45) is 11.8 Å². The molecule has 72 valence electrons. The Bertz CT molecular complexity index is 111. The lowest BCUT2D eigenvalue weighted by Gasteiger charge is -2.06. The third-order valence-corrected chi connectivity index (χ3v) is 2.11. The summed E-state index contributed by atoms with van der Waals surface area (Å²) < 4.78 is 0. The first kappa shape index (κ1) is 11.7. The molecular formula is C12H24. The summed E-state index contributed by atoms with van der Waals surface area (Å²) >= 11 is 0. The van der Waals surface area contributed by atoms with Gasteiger partial charge in [-0.1, -0.05) is 59.1 Å². The van der Waals surface area contributed by atoms with Gasteiger partial charge in [0, 0.05) is 0 Å². The van der Waals surface area contributed by atoms with E-state index < -0.39 is 0 Å². The Hall–Kier alpha value is -0.260. The van der Waals surface area contributed by atoms with Crippen molar-refractivity contribution in [2.75, 3.05) is 0 Å². The highest BCUT2D eigenvalue weighted by Gasteiger charge is 1.97. The van der Waals surface area contributed by atoms with Crippen LogP contribution in [-0.2, 0) is 0 Å². The van der Waals surface area contributed by atoms with Gasteiger partial charge >= 0.3 is 0 Å². The summed E-state index contributed by atoms with van der Waals surface area (Å²) in [6.45, 7) is 9.07. The second-order valence-corrected chi connectivity index (χ2v) is 4.16. The van der Waals surface area contributed by atoms with Gasteiger partial charge in [0.25, 0.3) is 0 Å². The van der Waals surface area contributed by atoms with Crippen molar-refractivity contribution in [3.63, 3.8) is 0 Å². The van der Waals surface area contributed by atoms with Crippen molar-refractivity contribution < 1.29 is 0 Å². The first-order chi connectivity index (χ1) is 5.66. The summed E-state index contributed by atoms with van der Waals surface area (Å²) in [6.07, 6.45) is 10.0. The van der Waals surface area contributed by atoms with Crippen LogP contribution in [0.5, 0.6) is 0 Å². The van der Waals surface area contributed by atoms with E-state index in [2.05, 4.69) is 39.8 Å². The van der Waals surface area contributed by atoms with Crippen LogP contribution in [0, 0.1) is 11.8 Å². The van der Waals surface area contributed by atoms with Crippen LogP contribution in [-0.4, -0.2) is 0 Å². The highest BCUT2D eigenvalue weighted by molar-refractivity contribution is 4.85. The highest BCUT2D eigenvalue weighted by atomic mass is 14.0. The molecular weight excluding hydrogens is 144 g/mol. The van der Waals surface area contributed by atoms with E-state index in [1.165, 1.54) is 25.7 Å². The van der Waals surface area contributed by atoms with Gasteiger partial charge in [-0.15, -0.1) is 0 Å². The molecule has 1 atom stereocenters. The van der Waals surface area contributed by atoms with E-state index in [-0.39, 0.29) is 0 Å². The molecule has 0 N–H and O–H groups in total. The second-order valence-electron chi connectivity index (χ2n) is 4.16. The lowest BCUT2D eigenvalue weighted by molar-refractivity contribution is 0.511. The zero-order chi connectivity index (χ0) is 9.40. The molecule has 0 saturated carbocycles. The maximum Gasteiger partial charge on any atom is -0.0290 e. The molecule has 0 aliphatic heterocycles. The number of hydrogen-bond donors (Lipinski definition) is 0. The summed E-state index contributed by atoms with van der Waals surface area (Å²) in [7, 11) is 0. The minimum Gasteiger partial charge on any atom is -0.0880 e. The summed E-state index contributed by atoms with van der Waals surface area (Å²) in [5.74, 6) is 1.59. The second kappa shape index (κ2) is 7.39.